The van der Waals surface area contributed by atoms with E-state index in [1.807, 2.05) is 0 Å². The molecule has 17 rings (SSSR count). The molecule has 0 saturated carbocycles. The van der Waals surface area contributed by atoms with Crippen LogP contribution in [0, 0.1) is 0 Å². The number of nitrogens with zero attached hydrogens (tertiary/aromatic N) is 4. The highest BCUT2D eigenvalue weighted by molar-refractivity contribution is 6.12. The summed E-state index contributed by atoms with van der Waals surface area (Å²) in [5.74, 6) is 0. The third kappa shape index (κ3) is 6.61. The van der Waals surface area contributed by atoms with Gasteiger partial charge in [0.15, 0.2) is 0 Å². The number of hydrogen-bond acceptors (Lipinski definition) is 1. The maximum Gasteiger partial charge on any atom is 0.0547 e. The maximum atomic E-state index is 2.49. The van der Waals surface area contributed by atoms with E-state index in [9.17, 15) is 0 Å². The Labute approximate surface area is 476 Å². The Hall–Kier alpha value is -10.2. The number of anilines is 3. The summed E-state index contributed by atoms with van der Waals surface area (Å²) in [7, 11) is 0. The van der Waals surface area contributed by atoms with E-state index in [-0.39, 0.29) is 10.8 Å². The second-order valence-corrected chi connectivity index (χ2v) is 23.7. The van der Waals surface area contributed by atoms with Crippen molar-refractivity contribution in [3.63, 3.8) is 0 Å². The van der Waals surface area contributed by atoms with Gasteiger partial charge in [-0.05, 0) is 171 Å². The van der Waals surface area contributed by atoms with Gasteiger partial charge in [0.2, 0.25) is 0 Å². The van der Waals surface area contributed by atoms with E-state index >= 15 is 0 Å². The Balaban J connectivity index is 0.786. The van der Waals surface area contributed by atoms with Crippen LogP contribution in [-0.2, 0) is 10.8 Å². The van der Waals surface area contributed by atoms with E-state index in [0.717, 1.165) is 22.7 Å². The Morgan fingerprint density at radius 1 is 0.244 bits per heavy atom. The van der Waals surface area contributed by atoms with Crippen molar-refractivity contribution in [2.75, 3.05) is 4.90 Å². The first-order valence-corrected chi connectivity index (χ1v) is 28.7. The van der Waals surface area contributed by atoms with Crippen molar-refractivity contribution in [3.8, 4) is 50.4 Å². The van der Waals surface area contributed by atoms with Crippen LogP contribution in [-0.4, -0.2) is 13.7 Å². The first kappa shape index (κ1) is 46.7. The van der Waals surface area contributed by atoms with Gasteiger partial charge in [0.1, 0.15) is 0 Å². The van der Waals surface area contributed by atoms with Crippen molar-refractivity contribution < 1.29 is 0 Å². The standard InChI is InChI=1S/C78H56N4/c1-77(2)67-44-49(50-31-40-66-65-24-12-15-27-73(65)81(76(66)45-50)51-18-6-5-7-19-51)30-39-57(67)58-41-36-54(46-68(58)77)79(52-32-34-53(35-33-52)80-71-25-13-8-20-61(71)62-21-9-14-26-72(62)80)55-37-42-59-60-43-38-56(48-70(60)78(3,4)69(59)47-55)82-74-28-16-10-22-63(74)64-23-11-17-29-75(64)82/h5-48H,1-4H3. The van der Waals surface area contributed by atoms with Gasteiger partial charge in [-0.2, -0.15) is 0 Å². The number of rotatable bonds is 7. The molecule has 0 aliphatic heterocycles. The predicted octanol–water partition coefficient (Wildman–Crippen LogP) is 20.7. The summed E-state index contributed by atoms with van der Waals surface area (Å²) in [6.45, 7) is 9.64. The highest BCUT2D eigenvalue weighted by atomic mass is 15.1. The van der Waals surface area contributed by atoms with Crippen molar-refractivity contribution in [1.82, 2.24) is 13.7 Å². The Kier molecular flexibility index (Phi) is 9.79. The van der Waals surface area contributed by atoms with Gasteiger partial charge in [0.05, 0.1) is 33.1 Å². The van der Waals surface area contributed by atoms with Crippen molar-refractivity contribution in [1.29, 1.82) is 0 Å². The van der Waals surface area contributed by atoms with Gasteiger partial charge in [-0.15, -0.1) is 0 Å². The number of benzene rings is 12. The van der Waals surface area contributed by atoms with Crippen molar-refractivity contribution in [2.45, 2.75) is 38.5 Å². The Morgan fingerprint density at radius 2 is 0.573 bits per heavy atom. The minimum atomic E-state index is -0.276. The fourth-order valence-electron chi connectivity index (χ4n) is 14.6. The molecule has 0 unspecified atom stereocenters. The van der Waals surface area contributed by atoms with E-state index in [4.69, 9.17) is 0 Å². The molecule has 0 amide bonds. The SMILES string of the molecule is CC1(C)c2cc(-c3ccc4c5ccccc5n(-c5ccccc5)c4c3)ccc2-c2ccc(N(c3ccc(-n4c5ccccc5c5ccccc54)cc3)c3ccc4c(c3)C(C)(C)c3cc(-n5c6ccccc6c6ccccc65)ccc3-4)cc21. The minimum absolute atomic E-state index is 0.274. The molecule has 388 valence electrons. The lowest BCUT2D eigenvalue weighted by atomic mass is 9.81. The number of fused-ring (bicyclic) bond motifs is 15. The molecule has 0 spiro atoms. The number of aromatic nitrogens is 3. The second-order valence-electron chi connectivity index (χ2n) is 23.7. The van der Waals surface area contributed by atoms with Crippen LogP contribution in [0.1, 0.15) is 49.9 Å². The molecule has 0 saturated heterocycles. The van der Waals surface area contributed by atoms with E-state index in [1.54, 1.807) is 0 Å². The van der Waals surface area contributed by atoms with Crippen LogP contribution >= 0.6 is 0 Å². The summed E-state index contributed by atoms with van der Waals surface area (Å²) >= 11 is 0. The lowest BCUT2D eigenvalue weighted by Gasteiger charge is -2.30. The molecule has 82 heavy (non-hydrogen) atoms. The monoisotopic (exact) mass is 1050 g/mol. The van der Waals surface area contributed by atoms with Gasteiger partial charge >= 0.3 is 0 Å². The molecule has 3 aromatic heterocycles. The molecule has 4 heteroatoms. The van der Waals surface area contributed by atoms with Gasteiger partial charge < -0.3 is 18.6 Å². The molecule has 0 fully saturated rings. The molecular formula is C78H56N4. The van der Waals surface area contributed by atoms with Crippen LogP contribution in [0.3, 0.4) is 0 Å². The van der Waals surface area contributed by atoms with Crippen molar-refractivity contribution in [3.05, 3.63) is 289 Å². The highest BCUT2D eigenvalue weighted by Crippen LogP contribution is 2.54. The first-order valence-electron chi connectivity index (χ1n) is 28.7. The fraction of sp³-hybridized carbons (Fsp3) is 0.0769. The molecule has 2 aliphatic rings. The molecule has 2 aliphatic carbocycles. The lowest BCUT2D eigenvalue weighted by molar-refractivity contribution is 0.659. The zero-order chi connectivity index (χ0) is 54.6. The summed E-state index contributed by atoms with van der Waals surface area (Å²) in [6, 6.07) is 99.6. The third-order valence-corrected chi connectivity index (χ3v) is 18.6. The van der Waals surface area contributed by atoms with Crippen LogP contribution in [0.5, 0.6) is 0 Å². The largest absolute Gasteiger partial charge is 0.310 e. The summed E-state index contributed by atoms with van der Waals surface area (Å²) in [4.78, 5) is 2.49. The highest BCUT2D eigenvalue weighted by Gasteiger charge is 2.39. The number of para-hydroxylation sites is 6. The normalized spacial score (nSPS) is 13.8. The summed E-state index contributed by atoms with van der Waals surface area (Å²) in [6.07, 6.45) is 0. The lowest BCUT2D eigenvalue weighted by Crippen LogP contribution is -2.18. The van der Waals surface area contributed by atoms with Gasteiger partial charge in [0, 0.05) is 77.3 Å². The van der Waals surface area contributed by atoms with Gasteiger partial charge in [0.25, 0.3) is 0 Å². The Bertz CT molecular complexity index is 5050. The van der Waals surface area contributed by atoms with Gasteiger partial charge in [-0.3, -0.25) is 0 Å². The molecular weight excluding hydrogens is 993 g/mol. The summed E-state index contributed by atoms with van der Waals surface area (Å²) < 4.78 is 7.27. The van der Waals surface area contributed by atoms with E-state index in [0.29, 0.717) is 0 Å². The van der Waals surface area contributed by atoms with Gasteiger partial charge in [-0.1, -0.05) is 179 Å². The first-order chi connectivity index (χ1) is 40.2. The van der Waals surface area contributed by atoms with Crippen LogP contribution in [0.4, 0.5) is 17.1 Å². The van der Waals surface area contributed by atoms with Crippen LogP contribution in [0.25, 0.3) is 116 Å². The number of hydrogen-bond donors (Lipinski definition) is 0. The second kappa shape index (κ2) is 17.2. The summed E-state index contributed by atoms with van der Waals surface area (Å²) in [5, 5.41) is 7.59. The molecule has 12 aromatic carbocycles. The quantitative estimate of drug-likeness (QED) is 0.156. The average molecular weight is 1050 g/mol. The molecule has 0 bridgehead atoms. The molecule has 3 heterocycles. The minimum Gasteiger partial charge on any atom is -0.310 e. The molecule has 0 radical (unpaired) electrons. The van der Waals surface area contributed by atoms with E-state index in [2.05, 4.69) is 313 Å². The van der Waals surface area contributed by atoms with Crippen LogP contribution < -0.4 is 4.90 Å². The zero-order valence-corrected chi connectivity index (χ0v) is 46.2. The van der Waals surface area contributed by atoms with Crippen molar-refractivity contribution in [2.24, 2.45) is 0 Å². The van der Waals surface area contributed by atoms with E-state index < -0.39 is 0 Å². The van der Waals surface area contributed by atoms with Crippen LogP contribution in [0.15, 0.2) is 267 Å². The molecule has 15 aromatic rings. The topological polar surface area (TPSA) is 18.0 Å². The maximum absolute atomic E-state index is 2.49. The van der Waals surface area contributed by atoms with Crippen molar-refractivity contribution >= 4 is 82.5 Å². The molecule has 0 atom stereocenters. The van der Waals surface area contributed by atoms with Crippen LogP contribution in [0.2, 0.25) is 0 Å². The summed E-state index contributed by atoms with van der Waals surface area (Å²) in [5.41, 5.74) is 26.5. The predicted molar refractivity (Wildman–Crippen MR) is 345 cm³/mol. The zero-order valence-electron chi connectivity index (χ0n) is 46.2. The fourth-order valence-corrected chi connectivity index (χ4v) is 14.6. The molecule has 4 nitrogen and oxygen atoms in total. The Morgan fingerprint density at radius 3 is 1.07 bits per heavy atom. The van der Waals surface area contributed by atoms with Gasteiger partial charge in [-0.25, -0.2) is 0 Å². The smallest absolute Gasteiger partial charge is 0.0547 e. The molecule has 0 N–H and O–H groups in total. The average Bonchev–Trinajstić information content (AvgIpc) is 3.98. The third-order valence-electron chi connectivity index (χ3n) is 18.6. The van der Waals surface area contributed by atoms with E-state index in [1.165, 1.54) is 132 Å².